The minimum Gasteiger partial charge on any atom is -0.481 e. The Morgan fingerprint density at radius 1 is 1.50 bits per heavy atom. The molecule has 0 heterocycles. The van der Waals surface area contributed by atoms with Crippen molar-refractivity contribution in [2.75, 3.05) is 18.5 Å². The smallest absolute Gasteiger partial charge is 0.311 e. The standard InChI is InChI=1S/C14H20FNO2/c1-4-8-14(2,13(17)18)10-16(3)12-7-5-6-11(15)9-12/h5-7,9H,4,8,10H2,1-3H3,(H,17,18). The van der Waals surface area contributed by atoms with Crippen LogP contribution in [0.1, 0.15) is 26.7 Å². The quantitative estimate of drug-likeness (QED) is 0.846. The maximum absolute atomic E-state index is 13.1. The molecular formula is C14H20FNO2. The van der Waals surface area contributed by atoms with Crippen molar-refractivity contribution in [2.45, 2.75) is 26.7 Å². The largest absolute Gasteiger partial charge is 0.481 e. The third-order valence-electron chi connectivity index (χ3n) is 3.15. The minimum atomic E-state index is -0.812. The van der Waals surface area contributed by atoms with Gasteiger partial charge in [-0.05, 0) is 31.5 Å². The lowest BCUT2D eigenvalue weighted by molar-refractivity contribution is -0.147. The van der Waals surface area contributed by atoms with E-state index in [4.69, 9.17) is 0 Å². The number of carboxylic acid groups (broad SMARTS) is 1. The number of rotatable bonds is 6. The molecule has 18 heavy (non-hydrogen) atoms. The molecule has 0 saturated heterocycles. The molecule has 0 amide bonds. The molecule has 0 bridgehead atoms. The van der Waals surface area contributed by atoms with Crippen molar-refractivity contribution < 1.29 is 14.3 Å². The van der Waals surface area contributed by atoms with Gasteiger partial charge in [0.2, 0.25) is 0 Å². The molecule has 1 rings (SSSR count). The molecule has 1 aromatic rings. The third kappa shape index (κ3) is 3.45. The Morgan fingerprint density at radius 2 is 2.17 bits per heavy atom. The van der Waals surface area contributed by atoms with E-state index in [1.165, 1.54) is 12.1 Å². The fourth-order valence-corrected chi connectivity index (χ4v) is 2.13. The van der Waals surface area contributed by atoms with Crippen LogP contribution in [0.15, 0.2) is 24.3 Å². The molecule has 0 fully saturated rings. The van der Waals surface area contributed by atoms with Gasteiger partial charge in [0.15, 0.2) is 0 Å². The van der Waals surface area contributed by atoms with Gasteiger partial charge in [0, 0.05) is 19.3 Å². The molecule has 1 N–H and O–H groups in total. The third-order valence-corrected chi connectivity index (χ3v) is 3.15. The lowest BCUT2D eigenvalue weighted by Gasteiger charge is -2.31. The molecule has 0 aliphatic carbocycles. The first-order chi connectivity index (χ1) is 8.39. The number of benzene rings is 1. The van der Waals surface area contributed by atoms with Gasteiger partial charge in [0.05, 0.1) is 5.41 Å². The van der Waals surface area contributed by atoms with E-state index in [0.717, 1.165) is 6.42 Å². The van der Waals surface area contributed by atoms with E-state index in [9.17, 15) is 14.3 Å². The predicted molar refractivity (Wildman–Crippen MR) is 70.3 cm³/mol. The summed E-state index contributed by atoms with van der Waals surface area (Å²) in [6.07, 6.45) is 1.40. The van der Waals surface area contributed by atoms with Gasteiger partial charge in [-0.3, -0.25) is 4.79 Å². The summed E-state index contributed by atoms with van der Waals surface area (Å²) in [5.41, 5.74) is -0.117. The van der Waals surface area contributed by atoms with Gasteiger partial charge >= 0.3 is 5.97 Å². The molecule has 1 aromatic carbocycles. The van der Waals surface area contributed by atoms with Gasteiger partial charge in [-0.1, -0.05) is 19.4 Å². The summed E-state index contributed by atoms with van der Waals surface area (Å²) in [5.74, 6) is -1.13. The Balaban J connectivity index is 2.85. The predicted octanol–water partition coefficient (Wildman–Crippen LogP) is 3.15. The monoisotopic (exact) mass is 253 g/mol. The van der Waals surface area contributed by atoms with Crippen molar-refractivity contribution in [2.24, 2.45) is 5.41 Å². The maximum Gasteiger partial charge on any atom is 0.311 e. The Hall–Kier alpha value is -1.58. The second-order valence-corrected chi connectivity index (χ2v) is 4.95. The van der Waals surface area contributed by atoms with E-state index in [-0.39, 0.29) is 5.82 Å². The van der Waals surface area contributed by atoms with E-state index >= 15 is 0 Å². The first kappa shape index (κ1) is 14.5. The zero-order valence-electron chi connectivity index (χ0n) is 11.1. The topological polar surface area (TPSA) is 40.5 Å². The Morgan fingerprint density at radius 3 is 2.67 bits per heavy atom. The first-order valence-electron chi connectivity index (χ1n) is 6.09. The highest BCUT2D eigenvalue weighted by Crippen LogP contribution is 2.27. The summed E-state index contributed by atoms with van der Waals surface area (Å²) >= 11 is 0. The number of carboxylic acids is 1. The molecule has 4 heteroatoms. The first-order valence-corrected chi connectivity index (χ1v) is 6.09. The van der Waals surface area contributed by atoms with Crippen LogP contribution in [0.5, 0.6) is 0 Å². The van der Waals surface area contributed by atoms with Crippen LogP contribution in [0.25, 0.3) is 0 Å². The lowest BCUT2D eigenvalue weighted by Crippen LogP contribution is -2.39. The van der Waals surface area contributed by atoms with Crippen molar-refractivity contribution in [3.63, 3.8) is 0 Å². The molecule has 100 valence electrons. The summed E-state index contributed by atoms with van der Waals surface area (Å²) in [5, 5.41) is 9.31. The zero-order valence-corrected chi connectivity index (χ0v) is 11.1. The summed E-state index contributed by atoms with van der Waals surface area (Å²) in [6, 6.07) is 6.18. The van der Waals surface area contributed by atoms with Crippen LogP contribution in [0.2, 0.25) is 0 Å². The number of halogens is 1. The molecule has 0 aromatic heterocycles. The van der Waals surface area contributed by atoms with Gasteiger partial charge in [-0.15, -0.1) is 0 Å². The minimum absolute atomic E-state index is 0.313. The molecule has 0 saturated carbocycles. The average Bonchev–Trinajstić information content (AvgIpc) is 2.29. The van der Waals surface area contributed by atoms with Gasteiger partial charge in [0.25, 0.3) is 0 Å². The van der Waals surface area contributed by atoms with Crippen molar-refractivity contribution in [1.29, 1.82) is 0 Å². The summed E-state index contributed by atoms with van der Waals surface area (Å²) in [4.78, 5) is 13.1. The van der Waals surface area contributed by atoms with Crippen LogP contribution < -0.4 is 4.90 Å². The SMILES string of the molecule is CCCC(C)(CN(C)c1cccc(F)c1)C(=O)O. The van der Waals surface area contributed by atoms with Crippen molar-refractivity contribution >= 4 is 11.7 Å². The van der Waals surface area contributed by atoms with Crippen molar-refractivity contribution in [1.82, 2.24) is 0 Å². The van der Waals surface area contributed by atoms with Crippen LogP contribution in [-0.4, -0.2) is 24.7 Å². The summed E-state index contributed by atoms with van der Waals surface area (Å²) in [6.45, 7) is 4.05. The molecule has 0 aliphatic rings. The van der Waals surface area contributed by atoms with Crippen LogP contribution in [0.3, 0.4) is 0 Å². The van der Waals surface area contributed by atoms with Crippen LogP contribution in [-0.2, 0) is 4.79 Å². The Bertz CT molecular complexity index is 422. The van der Waals surface area contributed by atoms with Crippen LogP contribution >= 0.6 is 0 Å². The van der Waals surface area contributed by atoms with Crippen molar-refractivity contribution in [3.8, 4) is 0 Å². The van der Waals surface area contributed by atoms with E-state index < -0.39 is 11.4 Å². The van der Waals surface area contributed by atoms with Crippen LogP contribution in [0, 0.1) is 11.2 Å². The van der Waals surface area contributed by atoms with Gasteiger partial charge in [0.1, 0.15) is 5.82 Å². The summed E-state index contributed by atoms with van der Waals surface area (Å²) in [7, 11) is 1.78. The number of hydrogen-bond donors (Lipinski definition) is 1. The van der Waals surface area contributed by atoms with E-state index in [0.29, 0.717) is 18.7 Å². The zero-order chi connectivity index (χ0) is 13.8. The fraction of sp³-hybridized carbons (Fsp3) is 0.500. The second kappa shape index (κ2) is 5.85. The number of carbonyl (C=O) groups is 1. The van der Waals surface area contributed by atoms with Crippen molar-refractivity contribution in [3.05, 3.63) is 30.1 Å². The molecular weight excluding hydrogens is 233 g/mol. The normalized spacial score (nSPS) is 14.0. The highest BCUT2D eigenvalue weighted by atomic mass is 19.1. The van der Waals surface area contributed by atoms with Gasteiger partial charge < -0.3 is 10.0 Å². The Kier molecular flexibility index (Phi) is 4.70. The van der Waals surface area contributed by atoms with Gasteiger partial charge in [-0.25, -0.2) is 4.39 Å². The number of anilines is 1. The van der Waals surface area contributed by atoms with E-state index in [2.05, 4.69) is 0 Å². The lowest BCUT2D eigenvalue weighted by atomic mass is 9.85. The maximum atomic E-state index is 13.1. The van der Waals surface area contributed by atoms with E-state index in [1.807, 2.05) is 6.92 Å². The van der Waals surface area contributed by atoms with E-state index in [1.54, 1.807) is 31.0 Å². The molecule has 0 aliphatic heterocycles. The Labute approximate surface area is 107 Å². The molecule has 3 nitrogen and oxygen atoms in total. The average molecular weight is 253 g/mol. The molecule has 1 unspecified atom stereocenters. The van der Waals surface area contributed by atoms with Crippen LogP contribution in [0.4, 0.5) is 10.1 Å². The highest BCUT2D eigenvalue weighted by molar-refractivity contribution is 5.75. The molecule has 1 atom stereocenters. The number of aliphatic carboxylic acids is 1. The number of hydrogen-bond acceptors (Lipinski definition) is 2. The second-order valence-electron chi connectivity index (χ2n) is 4.95. The summed E-state index contributed by atoms with van der Waals surface area (Å²) < 4.78 is 13.1. The molecule has 0 spiro atoms. The van der Waals surface area contributed by atoms with Gasteiger partial charge in [-0.2, -0.15) is 0 Å². The fourth-order valence-electron chi connectivity index (χ4n) is 2.13. The number of nitrogens with zero attached hydrogens (tertiary/aromatic N) is 1. The molecule has 0 radical (unpaired) electrons. The highest BCUT2D eigenvalue weighted by Gasteiger charge is 2.33.